The van der Waals surface area contributed by atoms with Gasteiger partial charge < -0.3 is 9.84 Å². The first-order valence-electron chi connectivity index (χ1n) is 5.62. The van der Waals surface area contributed by atoms with Gasteiger partial charge in [0, 0.05) is 21.6 Å². The molecule has 19 heavy (non-hydrogen) atoms. The number of aromatic hydroxyl groups is 1. The van der Waals surface area contributed by atoms with Gasteiger partial charge in [-0.15, -0.1) is 0 Å². The number of rotatable bonds is 1. The molecular weight excluding hydrogens is 248 g/mol. The Morgan fingerprint density at radius 1 is 0.895 bits per heavy atom. The van der Waals surface area contributed by atoms with E-state index in [2.05, 4.69) is 0 Å². The van der Waals surface area contributed by atoms with Crippen molar-refractivity contribution in [2.75, 3.05) is 7.11 Å². The van der Waals surface area contributed by atoms with Crippen LogP contribution in [0.15, 0.2) is 36.4 Å². The molecule has 0 spiro atoms. The molecule has 6 heteroatoms. The van der Waals surface area contributed by atoms with Crippen LogP contribution in [0.4, 0.5) is 0 Å². The van der Waals surface area contributed by atoms with Crippen LogP contribution in [0.3, 0.4) is 0 Å². The van der Waals surface area contributed by atoms with E-state index in [-0.39, 0.29) is 16.8 Å². The van der Waals surface area contributed by atoms with Gasteiger partial charge in [0.2, 0.25) is 11.5 Å². The van der Waals surface area contributed by atoms with E-state index in [1.807, 2.05) is 0 Å². The SMILES string of the molecule is COc1cccc2c1[n+](O)c1cccc(O)c1[n+]2O. The lowest BCUT2D eigenvalue weighted by atomic mass is 10.2. The maximum Gasteiger partial charge on any atom is 0.375 e. The van der Waals surface area contributed by atoms with Crippen molar-refractivity contribution >= 4 is 22.1 Å². The fourth-order valence-corrected chi connectivity index (χ4v) is 2.21. The molecule has 96 valence electrons. The van der Waals surface area contributed by atoms with Gasteiger partial charge >= 0.3 is 22.1 Å². The maximum atomic E-state index is 10.3. The topological polar surface area (TPSA) is 77.7 Å². The number of phenols is 1. The van der Waals surface area contributed by atoms with Crippen LogP contribution in [0, 0.1) is 0 Å². The molecule has 0 saturated carbocycles. The van der Waals surface area contributed by atoms with E-state index in [0.29, 0.717) is 16.8 Å². The molecule has 0 aliphatic rings. The van der Waals surface area contributed by atoms with Crippen LogP contribution in [0.1, 0.15) is 0 Å². The van der Waals surface area contributed by atoms with Gasteiger partial charge in [-0.1, -0.05) is 12.1 Å². The lowest BCUT2D eigenvalue weighted by Gasteiger charge is -2.01. The zero-order valence-electron chi connectivity index (χ0n) is 10.1. The monoisotopic (exact) mass is 260 g/mol. The molecule has 0 saturated heterocycles. The van der Waals surface area contributed by atoms with E-state index in [1.165, 1.54) is 13.2 Å². The Bertz CT molecular complexity index is 802. The highest BCUT2D eigenvalue weighted by atomic mass is 16.5. The van der Waals surface area contributed by atoms with Gasteiger partial charge in [-0.3, -0.25) is 10.4 Å². The van der Waals surface area contributed by atoms with Gasteiger partial charge in [0.05, 0.1) is 7.11 Å². The Balaban J connectivity index is 2.65. The van der Waals surface area contributed by atoms with Crippen LogP contribution in [-0.2, 0) is 0 Å². The van der Waals surface area contributed by atoms with Crippen molar-refractivity contribution in [3.05, 3.63) is 36.4 Å². The standard InChI is InChI=1S/C13H11N2O4/c1-19-11-7-3-5-9-13(11)15(18)8-4-2-6-10(16)12(8)14(9)17/h2-7,18H,1H3,(H,16,17)/q+1/p+1. The molecular formula is C13H12N2O4+2. The Labute approximate surface area is 107 Å². The number of benzene rings is 2. The Kier molecular flexibility index (Phi) is 2.31. The van der Waals surface area contributed by atoms with Gasteiger partial charge in [-0.25, -0.2) is 0 Å². The number of methoxy groups -OCH3 is 1. The third-order valence-corrected chi connectivity index (χ3v) is 3.07. The Hall–Kier alpha value is -2.76. The summed E-state index contributed by atoms with van der Waals surface area (Å²) < 4.78 is 6.89. The van der Waals surface area contributed by atoms with Gasteiger partial charge in [-0.2, -0.15) is 0 Å². The largest absolute Gasteiger partial charge is 0.502 e. The summed E-state index contributed by atoms with van der Waals surface area (Å²) in [6.45, 7) is 0. The average molecular weight is 260 g/mol. The second kappa shape index (κ2) is 3.88. The van der Waals surface area contributed by atoms with E-state index in [9.17, 15) is 15.5 Å². The molecule has 2 aromatic carbocycles. The molecule has 0 aliphatic carbocycles. The van der Waals surface area contributed by atoms with Crippen LogP contribution >= 0.6 is 0 Å². The van der Waals surface area contributed by atoms with Crippen LogP contribution in [-0.4, -0.2) is 22.6 Å². The molecule has 0 aliphatic heterocycles. The number of aromatic nitrogens is 2. The van der Waals surface area contributed by atoms with Crippen LogP contribution in [0.25, 0.3) is 22.1 Å². The molecule has 1 aromatic heterocycles. The lowest BCUT2D eigenvalue weighted by Crippen LogP contribution is -2.42. The summed E-state index contributed by atoms with van der Waals surface area (Å²) in [5.41, 5.74) is 1.01. The molecule has 0 atom stereocenters. The van der Waals surface area contributed by atoms with E-state index in [4.69, 9.17) is 4.74 Å². The van der Waals surface area contributed by atoms with Gasteiger partial charge in [-0.05, 0) is 12.1 Å². The zero-order chi connectivity index (χ0) is 13.6. The first kappa shape index (κ1) is 11.3. The van der Waals surface area contributed by atoms with Gasteiger partial charge in [0.1, 0.15) is 0 Å². The number of phenolic OH excluding ortho intramolecular Hbond substituents is 1. The maximum absolute atomic E-state index is 10.3. The first-order chi connectivity index (χ1) is 9.15. The van der Waals surface area contributed by atoms with Crippen molar-refractivity contribution in [2.24, 2.45) is 0 Å². The number of fused-ring (bicyclic) bond motifs is 2. The van der Waals surface area contributed by atoms with Crippen LogP contribution in [0.5, 0.6) is 11.5 Å². The Morgan fingerprint density at radius 2 is 1.47 bits per heavy atom. The average Bonchev–Trinajstić information content (AvgIpc) is 2.43. The van der Waals surface area contributed by atoms with Crippen molar-refractivity contribution in [1.29, 1.82) is 0 Å². The highest BCUT2D eigenvalue weighted by Crippen LogP contribution is 2.24. The van der Waals surface area contributed by atoms with E-state index in [1.54, 1.807) is 30.3 Å². The second-order valence-electron chi connectivity index (χ2n) is 4.10. The minimum atomic E-state index is -0.132. The van der Waals surface area contributed by atoms with Gasteiger partial charge in [0.15, 0.2) is 0 Å². The summed E-state index contributed by atoms with van der Waals surface area (Å²) in [6.07, 6.45) is 0. The molecule has 0 bridgehead atoms. The van der Waals surface area contributed by atoms with Crippen molar-refractivity contribution in [2.45, 2.75) is 0 Å². The molecule has 3 N–H and O–H groups in total. The number of ether oxygens (including phenoxy) is 1. The van der Waals surface area contributed by atoms with Crippen LogP contribution in [0.2, 0.25) is 0 Å². The lowest BCUT2D eigenvalue weighted by molar-refractivity contribution is -0.894. The zero-order valence-corrected chi connectivity index (χ0v) is 10.1. The third kappa shape index (κ3) is 1.43. The van der Waals surface area contributed by atoms with E-state index < -0.39 is 0 Å². The quantitative estimate of drug-likeness (QED) is 0.343. The molecule has 0 unspecified atom stereocenters. The van der Waals surface area contributed by atoms with Crippen molar-refractivity contribution in [1.82, 2.24) is 0 Å². The normalized spacial score (nSPS) is 11.0. The predicted molar refractivity (Wildman–Crippen MR) is 64.4 cm³/mol. The smallest absolute Gasteiger partial charge is 0.375 e. The molecule has 0 fully saturated rings. The fraction of sp³-hybridized carbons (Fsp3) is 0.0769. The predicted octanol–water partition coefficient (Wildman–Crippen LogP) is 0.757. The van der Waals surface area contributed by atoms with Gasteiger partial charge in [0.25, 0.3) is 0 Å². The summed E-state index contributed by atoms with van der Waals surface area (Å²) in [4.78, 5) is 0. The highest BCUT2D eigenvalue weighted by Gasteiger charge is 2.33. The Morgan fingerprint density at radius 3 is 2.16 bits per heavy atom. The minimum Gasteiger partial charge on any atom is -0.502 e. The molecule has 1 heterocycles. The summed E-state index contributed by atoms with van der Waals surface area (Å²) in [7, 11) is 1.48. The number of nitrogens with zero attached hydrogens (tertiary/aromatic N) is 2. The van der Waals surface area contributed by atoms with Crippen molar-refractivity contribution in [3.63, 3.8) is 0 Å². The summed E-state index contributed by atoms with van der Waals surface area (Å²) in [5.74, 6) is 0.278. The highest BCUT2D eigenvalue weighted by molar-refractivity contribution is 5.82. The molecule has 3 aromatic rings. The molecule has 3 rings (SSSR count). The number of hydrogen-bond acceptors (Lipinski definition) is 4. The fourth-order valence-electron chi connectivity index (χ4n) is 2.21. The molecule has 0 radical (unpaired) electrons. The first-order valence-corrected chi connectivity index (χ1v) is 5.62. The van der Waals surface area contributed by atoms with Crippen molar-refractivity contribution < 1.29 is 29.7 Å². The summed E-state index contributed by atoms with van der Waals surface area (Å²) >= 11 is 0. The van der Waals surface area contributed by atoms with E-state index >= 15 is 0 Å². The second-order valence-corrected chi connectivity index (χ2v) is 4.10. The number of para-hydroxylation sites is 2. The van der Waals surface area contributed by atoms with E-state index in [0.717, 1.165) is 9.46 Å². The summed E-state index contributed by atoms with van der Waals surface area (Å²) in [6, 6.07) is 9.54. The summed E-state index contributed by atoms with van der Waals surface area (Å²) in [5, 5.41) is 30.3. The molecule has 0 amide bonds. The number of hydrogen-bond donors (Lipinski definition) is 3. The van der Waals surface area contributed by atoms with Crippen LogP contribution < -0.4 is 14.2 Å². The minimum absolute atomic E-state index is 0.116. The van der Waals surface area contributed by atoms with Crippen molar-refractivity contribution in [3.8, 4) is 11.5 Å². The molecule has 6 nitrogen and oxygen atoms in total. The third-order valence-electron chi connectivity index (χ3n) is 3.07.